The van der Waals surface area contributed by atoms with E-state index in [2.05, 4.69) is 25.7 Å². The fraction of sp³-hybridized carbons (Fsp3) is 0.300. The van der Waals surface area contributed by atoms with Crippen LogP contribution in [0, 0.1) is 0 Å². The van der Waals surface area contributed by atoms with Gasteiger partial charge in [-0.2, -0.15) is 0 Å². The highest BCUT2D eigenvalue weighted by Gasteiger charge is 2.03. The summed E-state index contributed by atoms with van der Waals surface area (Å²) in [5.74, 6) is 6.73. The standard InChI is InChI=1S/C10H14N6S2/c1-17-10-14-8(4-9(15-10)16-11)12-3-2-7-5-18-6-13-7/h4-6H,2-3,11H2,1H3,(H2,12,14,15,16). The zero-order valence-electron chi connectivity index (χ0n) is 9.88. The van der Waals surface area contributed by atoms with Gasteiger partial charge in [0.1, 0.15) is 11.6 Å². The van der Waals surface area contributed by atoms with Gasteiger partial charge in [-0.3, -0.25) is 0 Å². The van der Waals surface area contributed by atoms with Crippen LogP contribution in [0.4, 0.5) is 11.6 Å². The molecule has 0 aromatic carbocycles. The van der Waals surface area contributed by atoms with Crippen LogP contribution in [0.25, 0.3) is 0 Å². The minimum atomic E-state index is 0.602. The quantitative estimate of drug-likeness (QED) is 0.321. The van der Waals surface area contributed by atoms with E-state index in [1.165, 1.54) is 11.8 Å². The molecule has 0 unspecified atom stereocenters. The Kier molecular flexibility index (Phi) is 4.73. The first-order chi connectivity index (χ1) is 8.81. The number of nitrogens with two attached hydrogens (primary N) is 1. The molecule has 0 saturated heterocycles. The highest BCUT2D eigenvalue weighted by atomic mass is 32.2. The Morgan fingerprint density at radius 2 is 2.22 bits per heavy atom. The Morgan fingerprint density at radius 1 is 1.39 bits per heavy atom. The molecule has 18 heavy (non-hydrogen) atoms. The van der Waals surface area contributed by atoms with Crippen LogP contribution >= 0.6 is 23.1 Å². The van der Waals surface area contributed by atoms with Crippen molar-refractivity contribution in [2.24, 2.45) is 5.84 Å². The summed E-state index contributed by atoms with van der Waals surface area (Å²) in [6.45, 7) is 0.776. The monoisotopic (exact) mass is 282 g/mol. The molecule has 0 aliphatic rings. The second-order valence-electron chi connectivity index (χ2n) is 3.43. The normalized spacial score (nSPS) is 10.3. The van der Waals surface area contributed by atoms with Gasteiger partial charge in [0.25, 0.3) is 0 Å². The molecule has 2 aromatic heterocycles. The molecule has 2 aromatic rings. The number of hydrogen-bond donors (Lipinski definition) is 3. The first-order valence-corrected chi connectivity index (χ1v) is 7.49. The maximum atomic E-state index is 5.36. The third-order valence-corrected chi connectivity index (χ3v) is 3.39. The topological polar surface area (TPSA) is 88.8 Å². The number of hydrogen-bond acceptors (Lipinski definition) is 8. The van der Waals surface area contributed by atoms with Crippen LogP contribution in [0.5, 0.6) is 0 Å². The van der Waals surface area contributed by atoms with Gasteiger partial charge in [0.2, 0.25) is 0 Å². The lowest BCUT2D eigenvalue weighted by molar-refractivity contribution is 0.927. The number of anilines is 2. The molecule has 0 amide bonds. The Labute approximate surface area is 113 Å². The fourth-order valence-corrected chi connectivity index (χ4v) is 2.33. The Balaban J connectivity index is 1.95. The lowest BCUT2D eigenvalue weighted by Gasteiger charge is -2.08. The van der Waals surface area contributed by atoms with Crippen LogP contribution in [0.3, 0.4) is 0 Å². The van der Waals surface area contributed by atoms with E-state index in [1.54, 1.807) is 17.4 Å². The molecule has 0 radical (unpaired) electrons. The second-order valence-corrected chi connectivity index (χ2v) is 4.92. The molecule has 2 rings (SSSR count). The molecule has 2 heterocycles. The van der Waals surface area contributed by atoms with Crippen molar-refractivity contribution in [3.63, 3.8) is 0 Å². The average Bonchev–Trinajstić information content (AvgIpc) is 2.91. The predicted octanol–water partition coefficient (Wildman–Crippen LogP) is 1.60. The molecule has 4 N–H and O–H groups in total. The summed E-state index contributed by atoms with van der Waals surface area (Å²) in [4.78, 5) is 12.8. The molecule has 0 aliphatic heterocycles. The van der Waals surface area contributed by atoms with Crippen LogP contribution in [0.15, 0.2) is 22.1 Å². The maximum Gasteiger partial charge on any atom is 0.191 e. The summed E-state index contributed by atoms with van der Waals surface area (Å²) in [5, 5.41) is 5.96. The molecule has 0 spiro atoms. The number of nitrogen functional groups attached to an aromatic ring is 1. The van der Waals surface area contributed by atoms with Crippen LogP contribution in [-0.4, -0.2) is 27.8 Å². The van der Waals surface area contributed by atoms with Gasteiger partial charge in [0, 0.05) is 24.4 Å². The second kappa shape index (κ2) is 6.53. The van der Waals surface area contributed by atoms with Crippen LogP contribution < -0.4 is 16.6 Å². The van der Waals surface area contributed by atoms with Crippen molar-refractivity contribution in [2.75, 3.05) is 23.5 Å². The van der Waals surface area contributed by atoms with Crippen molar-refractivity contribution in [3.8, 4) is 0 Å². The number of nitrogens with zero attached hydrogens (tertiary/aromatic N) is 3. The largest absolute Gasteiger partial charge is 0.369 e. The average molecular weight is 282 g/mol. The molecule has 0 saturated carbocycles. The summed E-state index contributed by atoms with van der Waals surface area (Å²) in [5.41, 5.74) is 5.45. The Hall–Kier alpha value is -1.38. The van der Waals surface area contributed by atoms with Gasteiger partial charge >= 0.3 is 0 Å². The Morgan fingerprint density at radius 3 is 2.89 bits per heavy atom. The van der Waals surface area contributed by atoms with Gasteiger partial charge in [-0.25, -0.2) is 20.8 Å². The summed E-state index contributed by atoms with van der Waals surface area (Å²) in [6.07, 6.45) is 2.79. The lowest BCUT2D eigenvalue weighted by Crippen LogP contribution is -2.12. The van der Waals surface area contributed by atoms with Crippen LogP contribution in [0.2, 0.25) is 0 Å². The van der Waals surface area contributed by atoms with Crippen molar-refractivity contribution in [1.29, 1.82) is 0 Å². The summed E-state index contributed by atoms with van der Waals surface area (Å²) >= 11 is 3.08. The summed E-state index contributed by atoms with van der Waals surface area (Å²) in [7, 11) is 0. The molecule has 6 nitrogen and oxygen atoms in total. The molecule has 0 fully saturated rings. The van der Waals surface area contributed by atoms with E-state index >= 15 is 0 Å². The van der Waals surface area contributed by atoms with E-state index in [9.17, 15) is 0 Å². The first-order valence-electron chi connectivity index (χ1n) is 5.32. The number of hydrazine groups is 1. The lowest BCUT2D eigenvalue weighted by atomic mass is 10.3. The van der Waals surface area contributed by atoms with Crippen molar-refractivity contribution >= 4 is 34.7 Å². The van der Waals surface area contributed by atoms with Crippen LogP contribution in [-0.2, 0) is 6.42 Å². The number of rotatable bonds is 6. The minimum absolute atomic E-state index is 0.602. The van der Waals surface area contributed by atoms with Crippen molar-refractivity contribution in [3.05, 3.63) is 22.7 Å². The summed E-state index contributed by atoms with van der Waals surface area (Å²) < 4.78 is 0. The van der Waals surface area contributed by atoms with E-state index in [1.807, 2.05) is 17.1 Å². The van der Waals surface area contributed by atoms with E-state index in [0.29, 0.717) is 11.0 Å². The van der Waals surface area contributed by atoms with E-state index in [4.69, 9.17) is 5.84 Å². The zero-order valence-corrected chi connectivity index (χ0v) is 11.5. The molecule has 96 valence electrons. The predicted molar refractivity (Wildman–Crippen MR) is 75.9 cm³/mol. The fourth-order valence-electron chi connectivity index (χ4n) is 1.36. The van der Waals surface area contributed by atoms with E-state index in [-0.39, 0.29) is 0 Å². The van der Waals surface area contributed by atoms with Gasteiger partial charge in [0.05, 0.1) is 11.2 Å². The third-order valence-electron chi connectivity index (χ3n) is 2.21. The highest BCUT2D eigenvalue weighted by Crippen LogP contribution is 2.16. The molecule has 8 heteroatoms. The first kappa shape index (κ1) is 13.1. The van der Waals surface area contributed by atoms with Crippen molar-refractivity contribution in [1.82, 2.24) is 15.0 Å². The number of aromatic nitrogens is 3. The van der Waals surface area contributed by atoms with Gasteiger partial charge < -0.3 is 10.7 Å². The molecule has 0 aliphatic carbocycles. The minimum Gasteiger partial charge on any atom is -0.369 e. The Bertz CT molecular complexity index is 465. The van der Waals surface area contributed by atoms with E-state index < -0.39 is 0 Å². The van der Waals surface area contributed by atoms with Gasteiger partial charge in [-0.15, -0.1) is 11.3 Å². The third kappa shape index (κ3) is 3.56. The van der Waals surface area contributed by atoms with Crippen molar-refractivity contribution in [2.45, 2.75) is 11.6 Å². The van der Waals surface area contributed by atoms with Gasteiger partial charge in [-0.1, -0.05) is 11.8 Å². The summed E-state index contributed by atoms with van der Waals surface area (Å²) in [6, 6.07) is 1.78. The SMILES string of the molecule is CSc1nc(NN)cc(NCCc2cscn2)n1. The molecular formula is C10H14N6S2. The highest BCUT2D eigenvalue weighted by molar-refractivity contribution is 7.98. The smallest absolute Gasteiger partial charge is 0.191 e. The number of thiazole rings is 1. The van der Waals surface area contributed by atoms with Gasteiger partial charge in [-0.05, 0) is 6.26 Å². The van der Waals surface area contributed by atoms with Gasteiger partial charge in [0.15, 0.2) is 5.16 Å². The number of thioether (sulfide) groups is 1. The molecule has 0 atom stereocenters. The molecular weight excluding hydrogens is 268 g/mol. The maximum absolute atomic E-state index is 5.36. The number of nitrogens with one attached hydrogen (secondary N) is 2. The molecule has 0 bridgehead atoms. The van der Waals surface area contributed by atoms with E-state index in [0.717, 1.165) is 24.5 Å². The van der Waals surface area contributed by atoms with Crippen LogP contribution in [0.1, 0.15) is 5.69 Å². The van der Waals surface area contributed by atoms with Crippen molar-refractivity contribution < 1.29 is 0 Å². The zero-order chi connectivity index (χ0) is 12.8.